The highest BCUT2D eigenvalue weighted by Gasteiger charge is 2.34. The number of rotatable bonds is 3. The predicted octanol–water partition coefficient (Wildman–Crippen LogP) is -0.183. The second-order valence-electron chi connectivity index (χ2n) is 4.70. The number of aliphatic carboxylic acids is 1. The molecular weight excluding hydrogens is 244 g/mol. The first-order valence-corrected chi connectivity index (χ1v) is 6.42. The lowest BCUT2D eigenvalue weighted by atomic mass is 9.90. The number of carbonyl (C=O) groups excluding carboxylic acids is 2. The summed E-state index contributed by atoms with van der Waals surface area (Å²) in [6, 6.07) is 8.34. The van der Waals surface area contributed by atoms with Crippen LogP contribution in [0, 0.1) is 0 Å². The van der Waals surface area contributed by atoms with Crippen molar-refractivity contribution in [2.24, 2.45) is 5.73 Å². The zero-order valence-electron chi connectivity index (χ0n) is 10.6. The molecule has 5 nitrogen and oxygen atoms in total. The second-order valence-corrected chi connectivity index (χ2v) is 4.70. The first-order chi connectivity index (χ1) is 9.15. The van der Waals surface area contributed by atoms with Crippen molar-refractivity contribution in [3.8, 4) is 0 Å². The molecule has 0 saturated carbocycles. The Morgan fingerprint density at radius 2 is 1.95 bits per heavy atom. The van der Waals surface area contributed by atoms with Gasteiger partial charge in [-0.05, 0) is 24.8 Å². The van der Waals surface area contributed by atoms with E-state index in [4.69, 9.17) is 5.73 Å². The van der Waals surface area contributed by atoms with Crippen molar-refractivity contribution in [3.63, 3.8) is 0 Å². The summed E-state index contributed by atoms with van der Waals surface area (Å²) in [6.45, 7) is -0.187. The Balaban J connectivity index is 2.34. The van der Waals surface area contributed by atoms with Gasteiger partial charge in [0.15, 0.2) is 0 Å². The first kappa shape index (κ1) is 13.5. The van der Waals surface area contributed by atoms with Crippen molar-refractivity contribution in [3.05, 3.63) is 35.9 Å². The number of carboxylic acids is 1. The molecule has 2 atom stereocenters. The van der Waals surface area contributed by atoms with Gasteiger partial charge in [-0.3, -0.25) is 4.79 Å². The monoisotopic (exact) mass is 261 g/mol. The van der Waals surface area contributed by atoms with E-state index in [2.05, 4.69) is 0 Å². The fourth-order valence-corrected chi connectivity index (χ4v) is 2.69. The van der Waals surface area contributed by atoms with Crippen LogP contribution < -0.4 is 10.8 Å². The van der Waals surface area contributed by atoms with Gasteiger partial charge in [-0.15, -0.1) is 0 Å². The van der Waals surface area contributed by atoms with Gasteiger partial charge in [0.1, 0.15) is 0 Å². The van der Waals surface area contributed by atoms with E-state index in [0.29, 0.717) is 6.42 Å². The van der Waals surface area contributed by atoms with Crippen LogP contribution in [0.2, 0.25) is 0 Å². The highest BCUT2D eigenvalue weighted by Crippen LogP contribution is 2.34. The highest BCUT2D eigenvalue weighted by atomic mass is 16.4. The number of piperidine rings is 1. The molecule has 19 heavy (non-hydrogen) atoms. The van der Waals surface area contributed by atoms with Crippen LogP contribution >= 0.6 is 0 Å². The van der Waals surface area contributed by atoms with Crippen LogP contribution in [0.5, 0.6) is 0 Å². The van der Waals surface area contributed by atoms with Crippen molar-refractivity contribution in [2.75, 3.05) is 6.54 Å². The minimum absolute atomic E-state index is 0.187. The summed E-state index contributed by atoms with van der Waals surface area (Å²) in [5, 5.41) is 11.2. The molecule has 1 aromatic rings. The van der Waals surface area contributed by atoms with Crippen molar-refractivity contribution in [1.29, 1.82) is 0 Å². The quantitative estimate of drug-likeness (QED) is 0.817. The molecule has 102 valence electrons. The van der Waals surface area contributed by atoms with Crippen LogP contribution in [-0.4, -0.2) is 29.4 Å². The molecule has 1 heterocycles. The molecule has 2 unspecified atom stereocenters. The lowest BCUT2D eigenvalue weighted by Gasteiger charge is -2.42. The van der Waals surface area contributed by atoms with Gasteiger partial charge in [0.25, 0.3) is 0 Å². The van der Waals surface area contributed by atoms with Crippen LogP contribution in [0.25, 0.3) is 0 Å². The maximum Gasteiger partial charge on any atom is 0.237 e. The highest BCUT2D eigenvalue weighted by molar-refractivity contribution is 5.84. The Hall–Kier alpha value is -1.88. The molecule has 1 amide bonds. The summed E-state index contributed by atoms with van der Waals surface area (Å²) >= 11 is 0. The Morgan fingerprint density at radius 1 is 1.26 bits per heavy atom. The van der Waals surface area contributed by atoms with E-state index >= 15 is 0 Å². The summed E-state index contributed by atoms with van der Waals surface area (Å²) in [4.78, 5) is 24.6. The van der Waals surface area contributed by atoms with Crippen LogP contribution in [0.15, 0.2) is 30.3 Å². The fourth-order valence-electron chi connectivity index (χ4n) is 2.69. The maximum atomic E-state index is 12.0. The smallest absolute Gasteiger partial charge is 0.237 e. The molecule has 0 aliphatic carbocycles. The number of likely N-dealkylation sites (tertiary alicyclic amines) is 1. The largest absolute Gasteiger partial charge is 0.548 e. The van der Waals surface area contributed by atoms with Gasteiger partial charge in [-0.2, -0.15) is 0 Å². The summed E-state index contributed by atoms with van der Waals surface area (Å²) in [6.07, 6.45) is 1.93. The molecule has 0 bridgehead atoms. The van der Waals surface area contributed by atoms with Crippen LogP contribution in [0.1, 0.15) is 30.9 Å². The van der Waals surface area contributed by atoms with Gasteiger partial charge in [-0.25, -0.2) is 0 Å². The molecule has 0 spiro atoms. The molecule has 0 radical (unpaired) electrons. The second kappa shape index (κ2) is 5.84. The normalized spacial score (nSPS) is 23.1. The van der Waals surface area contributed by atoms with Crippen molar-refractivity contribution in [2.45, 2.75) is 31.3 Å². The van der Waals surface area contributed by atoms with Crippen LogP contribution in [0.3, 0.4) is 0 Å². The minimum Gasteiger partial charge on any atom is -0.548 e. The average Bonchev–Trinajstić information content (AvgIpc) is 2.46. The van der Waals surface area contributed by atoms with Crippen LogP contribution in [0.4, 0.5) is 0 Å². The summed E-state index contributed by atoms with van der Waals surface area (Å²) < 4.78 is 0. The standard InChI is InChI=1S/C14H18N2O3/c15-9-13(17)16-11(10-5-2-1-3-6-10)7-4-8-12(16)14(18)19/h1-3,5-6,11-12H,4,7-9,15H2,(H,18,19)/p-1. The molecule has 2 N–H and O–H groups in total. The average molecular weight is 261 g/mol. The molecule has 1 aliphatic heterocycles. The Kier molecular flexibility index (Phi) is 4.16. The number of benzene rings is 1. The van der Waals surface area contributed by atoms with E-state index in [1.54, 1.807) is 0 Å². The molecule has 5 heteroatoms. The van der Waals surface area contributed by atoms with Crippen molar-refractivity contribution < 1.29 is 14.7 Å². The van der Waals surface area contributed by atoms with Crippen LogP contribution in [-0.2, 0) is 9.59 Å². The molecular formula is C14H17N2O3-. The zero-order chi connectivity index (χ0) is 13.8. The Labute approximate surface area is 112 Å². The summed E-state index contributed by atoms with van der Waals surface area (Å²) in [7, 11) is 0. The van der Waals surface area contributed by atoms with E-state index in [1.807, 2.05) is 30.3 Å². The number of nitrogens with two attached hydrogens (primary N) is 1. The third-order valence-corrected chi connectivity index (χ3v) is 3.55. The maximum absolute atomic E-state index is 12.0. The van der Waals surface area contributed by atoms with E-state index < -0.39 is 12.0 Å². The number of hydrogen-bond donors (Lipinski definition) is 1. The molecule has 1 saturated heterocycles. The molecule has 0 aromatic heterocycles. The fraction of sp³-hybridized carbons (Fsp3) is 0.429. The number of amides is 1. The number of carbonyl (C=O) groups is 2. The zero-order valence-corrected chi connectivity index (χ0v) is 10.6. The van der Waals surface area contributed by atoms with Crippen molar-refractivity contribution >= 4 is 11.9 Å². The minimum atomic E-state index is -1.21. The van der Waals surface area contributed by atoms with Gasteiger partial charge in [0.05, 0.1) is 24.6 Å². The summed E-state index contributed by atoms with van der Waals surface area (Å²) in [5.41, 5.74) is 6.34. The molecule has 1 aliphatic rings. The van der Waals surface area contributed by atoms with Crippen molar-refractivity contribution in [1.82, 2.24) is 4.90 Å². The third-order valence-electron chi connectivity index (χ3n) is 3.55. The molecule has 1 fully saturated rings. The Morgan fingerprint density at radius 3 is 2.53 bits per heavy atom. The molecule has 2 rings (SSSR count). The van der Waals surface area contributed by atoms with E-state index in [-0.39, 0.29) is 18.5 Å². The first-order valence-electron chi connectivity index (χ1n) is 6.42. The number of hydrogen-bond acceptors (Lipinski definition) is 4. The van der Waals surface area contributed by atoms with Gasteiger partial charge in [-0.1, -0.05) is 30.3 Å². The summed E-state index contributed by atoms with van der Waals surface area (Å²) in [5.74, 6) is -1.55. The molecule has 1 aromatic carbocycles. The van der Waals surface area contributed by atoms with Gasteiger partial charge < -0.3 is 20.5 Å². The predicted molar refractivity (Wildman–Crippen MR) is 67.7 cm³/mol. The number of nitrogens with zero attached hydrogens (tertiary/aromatic N) is 1. The van der Waals surface area contributed by atoms with E-state index in [9.17, 15) is 14.7 Å². The topological polar surface area (TPSA) is 86.5 Å². The number of carboxylic acid groups (broad SMARTS) is 1. The Bertz CT molecular complexity index is 461. The van der Waals surface area contributed by atoms with Gasteiger partial charge in [0.2, 0.25) is 5.91 Å². The van der Waals surface area contributed by atoms with Gasteiger partial charge >= 0.3 is 0 Å². The SMILES string of the molecule is NCC(=O)N1C(C(=O)[O-])CCCC1c1ccccc1. The lowest BCUT2D eigenvalue weighted by Crippen LogP contribution is -2.55. The van der Waals surface area contributed by atoms with E-state index in [0.717, 1.165) is 18.4 Å². The van der Waals surface area contributed by atoms with Gasteiger partial charge in [0, 0.05) is 0 Å². The third kappa shape index (κ3) is 2.76. The lowest BCUT2D eigenvalue weighted by molar-refractivity contribution is -0.313. The van der Waals surface area contributed by atoms with E-state index in [1.165, 1.54) is 4.90 Å².